The number of aromatic amines is 1. The average Bonchev–Trinajstić information content (AvgIpc) is 2.39. The van der Waals surface area contributed by atoms with E-state index >= 15 is 0 Å². The summed E-state index contributed by atoms with van der Waals surface area (Å²) in [6.07, 6.45) is 2.23. The molecule has 0 fully saturated rings. The van der Waals surface area contributed by atoms with Crippen molar-refractivity contribution in [2.24, 2.45) is 0 Å². The molecule has 2 heterocycles. The molecule has 17 heavy (non-hydrogen) atoms. The molecule has 5 nitrogen and oxygen atoms in total. The van der Waals surface area contributed by atoms with Crippen molar-refractivity contribution in [3.8, 4) is 17.3 Å². The van der Waals surface area contributed by atoms with Gasteiger partial charge < -0.3 is 4.98 Å². The number of aryl methyl sites for hydroxylation is 1. The third kappa shape index (κ3) is 2.06. The van der Waals surface area contributed by atoms with Gasteiger partial charge in [0.15, 0.2) is 0 Å². The van der Waals surface area contributed by atoms with Gasteiger partial charge in [0, 0.05) is 17.5 Å². The molecular weight excluding hydrogens is 216 g/mol. The zero-order chi connectivity index (χ0) is 12.3. The maximum atomic E-state index is 11.5. The Morgan fingerprint density at radius 1 is 1.53 bits per heavy atom. The Balaban J connectivity index is 2.69. The van der Waals surface area contributed by atoms with E-state index < -0.39 is 0 Å². The highest BCUT2D eigenvalue weighted by atomic mass is 16.1. The molecule has 0 saturated heterocycles. The van der Waals surface area contributed by atoms with Crippen molar-refractivity contribution in [3.05, 3.63) is 46.0 Å². The van der Waals surface area contributed by atoms with Gasteiger partial charge in [-0.25, -0.2) is 0 Å². The summed E-state index contributed by atoms with van der Waals surface area (Å²) >= 11 is 0. The van der Waals surface area contributed by atoms with E-state index in [4.69, 9.17) is 5.26 Å². The van der Waals surface area contributed by atoms with Gasteiger partial charge in [0.2, 0.25) is 0 Å². The second-order valence-corrected chi connectivity index (χ2v) is 3.48. The Bertz CT molecular complexity index is 625. The van der Waals surface area contributed by atoms with E-state index in [-0.39, 0.29) is 11.1 Å². The summed E-state index contributed by atoms with van der Waals surface area (Å²) in [6, 6.07) is 6.98. The summed E-state index contributed by atoms with van der Waals surface area (Å²) in [4.78, 5) is 14.2. The van der Waals surface area contributed by atoms with Crippen LogP contribution in [0.3, 0.4) is 0 Å². The zero-order valence-corrected chi connectivity index (χ0v) is 9.27. The van der Waals surface area contributed by atoms with Crippen molar-refractivity contribution < 1.29 is 0 Å². The minimum atomic E-state index is -0.364. The second-order valence-electron chi connectivity index (χ2n) is 3.48. The first-order chi connectivity index (χ1) is 8.26. The van der Waals surface area contributed by atoms with Gasteiger partial charge in [-0.3, -0.25) is 4.79 Å². The van der Waals surface area contributed by atoms with Gasteiger partial charge in [0.25, 0.3) is 5.56 Å². The van der Waals surface area contributed by atoms with Crippen LogP contribution in [0.2, 0.25) is 0 Å². The van der Waals surface area contributed by atoms with E-state index in [2.05, 4.69) is 15.2 Å². The first kappa shape index (κ1) is 11.0. The van der Waals surface area contributed by atoms with Crippen molar-refractivity contribution >= 4 is 0 Å². The highest BCUT2D eigenvalue weighted by molar-refractivity contribution is 5.63. The molecule has 2 rings (SSSR count). The molecule has 0 aliphatic heterocycles. The van der Waals surface area contributed by atoms with E-state index in [1.807, 2.05) is 13.0 Å². The summed E-state index contributed by atoms with van der Waals surface area (Å²) in [5.74, 6) is 0. The van der Waals surface area contributed by atoms with E-state index in [9.17, 15) is 4.79 Å². The average molecular weight is 226 g/mol. The number of hydrogen-bond donors (Lipinski definition) is 1. The molecule has 0 radical (unpaired) electrons. The van der Waals surface area contributed by atoms with Crippen molar-refractivity contribution in [2.75, 3.05) is 0 Å². The molecular formula is C12H10N4O. The molecule has 0 unspecified atom stereocenters. The Kier molecular flexibility index (Phi) is 2.97. The van der Waals surface area contributed by atoms with Gasteiger partial charge in [0.1, 0.15) is 11.6 Å². The fraction of sp³-hybridized carbons (Fsp3) is 0.167. The molecule has 84 valence electrons. The van der Waals surface area contributed by atoms with Crippen LogP contribution in [0.5, 0.6) is 0 Å². The number of nitriles is 1. The number of aromatic nitrogens is 3. The third-order valence-corrected chi connectivity index (χ3v) is 2.45. The normalized spacial score (nSPS) is 9.88. The van der Waals surface area contributed by atoms with Crippen LogP contribution in [-0.2, 0) is 6.42 Å². The molecule has 2 aromatic rings. The maximum absolute atomic E-state index is 11.5. The van der Waals surface area contributed by atoms with E-state index in [0.29, 0.717) is 12.1 Å². The summed E-state index contributed by atoms with van der Waals surface area (Å²) in [5, 5.41) is 16.6. The molecule has 2 aromatic heterocycles. The quantitative estimate of drug-likeness (QED) is 0.835. The maximum Gasteiger partial charge on any atom is 0.266 e. The van der Waals surface area contributed by atoms with Gasteiger partial charge >= 0.3 is 0 Å². The fourth-order valence-corrected chi connectivity index (χ4v) is 1.60. The Morgan fingerprint density at radius 3 is 2.94 bits per heavy atom. The lowest BCUT2D eigenvalue weighted by molar-refractivity contribution is 0.987. The Hall–Kier alpha value is -2.48. The van der Waals surface area contributed by atoms with Crippen LogP contribution >= 0.6 is 0 Å². The van der Waals surface area contributed by atoms with E-state index in [1.165, 1.54) is 0 Å². The second kappa shape index (κ2) is 4.58. The van der Waals surface area contributed by atoms with E-state index in [0.717, 1.165) is 11.3 Å². The number of rotatable bonds is 2. The van der Waals surface area contributed by atoms with E-state index in [1.54, 1.807) is 24.4 Å². The standard InChI is InChI=1S/C12H10N4O/c1-2-10-9(11-4-3-5-14-16-11)6-8(7-13)12(17)15-10/h3-6H,2H2,1H3,(H,15,17). The van der Waals surface area contributed by atoms with Gasteiger partial charge in [-0.1, -0.05) is 6.92 Å². The molecule has 0 aromatic carbocycles. The van der Waals surface area contributed by atoms with Crippen LogP contribution in [0.1, 0.15) is 18.2 Å². The third-order valence-electron chi connectivity index (χ3n) is 2.45. The molecule has 0 amide bonds. The van der Waals surface area contributed by atoms with Crippen LogP contribution in [0.4, 0.5) is 0 Å². The molecule has 0 spiro atoms. The Labute approximate surface area is 97.8 Å². The van der Waals surface area contributed by atoms with Crippen LogP contribution in [0, 0.1) is 11.3 Å². The molecule has 5 heteroatoms. The van der Waals surface area contributed by atoms with Crippen molar-refractivity contribution in [1.82, 2.24) is 15.2 Å². The van der Waals surface area contributed by atoms with Crippen LogP contribution < -0.4 is 5.56 Å². The van der Waals surface area contributed by atoms with Crippen LogP contribution in [0.15, 0.2) is 29.2 Å². The smallest absolute Gasteiger partial charge is 0.266 e. The minimum Gasteiger partial charge on any atom is -0.324 e. The summed E-state index contributed by atoms with van der Waals surface area (Å²) in [7, 11) is 0. The molecule has 0 aliphatic rings. The summed E-state index contributed by atoms with van der Waals surface area (Å²) in [5.41, 5.74) is 1.88. The van der Waals surface area contributed by atoms with Crippen LogP contribution in [-0.4, -0.2) is 15.2 Å². The van der Waals surface area contributed by atoms with Crippen molar-refractivity contribution in [2.45, 2.75) is 13.3 Å². The highest BCUT2D eigenvalue weighted by Gasteiger charge is 2.10. The van der Waals surface area contributed by atoms with Gasteiger partial charge in [-0.15, -0.1) is 0 Å². The lowest BCUT2D eigenvalue weighted by Gasteiger charge is -2.06. The SMILES string of the molecule is CCc1[nH]c(=O)c(C#N)cc1-c1cccnn1. The number of pyridine rings is 1. The lowest BCUT2D eigenvalue weighted by atomic mass is 10.1. The zero-order valence-electron chi connectivity index (χ0n) is 9.27. The van der Waals surface area contributed by atoms with Crippen LogP contribution in [0.25, 0.3) is 11.3 Å². The number of nitrogens with one attached hydrogen (secondary N) is 1. The van der Waals surface area contributed by atoms with Crippen molar-refractivity contribution in [1.29, 1.82) is 5.26 Å². The summed E-state index contributed by atoms with van der Waals surface area (Å²) in [6.45, 7) is 1.93. The molecule has 0 atom stereocenters. The molecule has 0 saturated carbocycles. The number of nitrogens with zero attached hydrogens (tertiary/aromatic N) is 3. The largest absolute Gasteiger partial charge is 0.324 e. The topological polar surface area (TPSA) is 82.4 Å². The minimum absolute atomic E-state index is 0.0860. The predicted octanol–water partition coefficient (Wildman–Crippen LogP) is 1.27. The lowest BCUT2D eigenvalue weighted by Crippen LogP contribution is -2.13. The molecule has 0 aliphatic carbocycles. The summed E-state index contributed by atoms with van der Waals surface area (Å²) < 4.78 is 0. The highest BCUT2D eigenvalue weighted by Crippen LogP contribution is 2.19. The Morgan fingerprint density at radius 2 is 2.35 bits per heavy atom. The van der Waals surface area contributed by atoms with Gasteiger partial charge in [0.05, 0.1) is 5.69 Å². The van der Waals surface area contributed by atoms with Gasteiger partial charge in [-0.2, -0.15) is 15.5 Å². The fourth-order valence-electron chi connectivity index (χ4n) is 1.60. The van der Waals surface area contributed by atoms with Gasteiger partial charge in [-0.05, 0) is 24.6 Å². The predicted molar refractivity (Wildman–Crippen MR) is 62.2 cm³/mol. The first-order valence-electron chi connectivity index (χ1n) is 5.20. The molecule has 0 bridgehead atoms. The first-order valence-corrected chi connectivity index (χ1v) is 5.20. The monoisotopic (exact) mass is 226 g/mol. The number of hydrogen-bond acceptors (Lipinski definition) is 4. The van der Waals surface area contributed by atoms with Crippen molar-refractivity contribution in [3.63, 3.8) is 0 Å². The number of H-pyrrole nitrogens is 1. The molecule has 1 N–H and O–H groups in total.